The number of carbonyl (C=O) groups is 2. The maximum atomic E-state index is 12.0. The van der Waals surface area contributed by atoms with E-state index in [1.807, 2.05) is 6.07 Å². The molecule has 0 aliphatic heterocycles. The van der Waals surface area contributed by atoms with Crippen LogP contribution in [0.3, 0.4) is 0 Å². The molecular formula is C18H18ClNO5. The Balaban J connectivity index is 1.87. The van der Waals surface area contributed by atoms with Crippen molar-refractivity contribution in [3.63, 3.8) is 0 Å². The van der Waals surface area contributed by atoms with Crippen LogP contribution in [0.2, 0.25) is 5.02 Å². The highest BCUT2D eigenvalue weighted by atomic mass is 35.5. The fraction of sp³-hybridized carbons (Fsp3) is 0.222. The zero-order chi connectivity index (χ0) is 18.2. The molecule has 7 heteroatoms. The third-order valence-electron chi connectivity index (χ3n) is 3.39. The minimum Gasteiger partial charge on any atom is -0.493 e. The van der Waals surface area contributed by atoms with Crippen LogP contribution < -0.4 is 14.8 Å². The largest absolute Gasteiger partial charge is 0.493 e. The zero-order valence-corrected chi connectivity index (χ0v) is 14.6. The van der Waals surface area contributed by atoms with Crippen molar-refractivity contribution in [2.75, 3.05) is 20.8 Å². The van der Waals surface area contributed by atoms with Crippen molar-refractivity contribution in [2.45, 2.75) is 6.54 Å². The van der Waals surface area contributed by atoms with Gasteiger partial charge in [0, 0.05) is 11.6 Å². The summed E-state index contributed by atoms with van der Waals surface area (Å²) in [5.41, 5.74) is 1.04. The highest BCUT2D eigenvalue weighted by molar-refractivity contribution is 6.31. The SMILES string of the molecule is COc1ccc(C(=O)OCC(=O)NCc2ccccc2Cl)cc1OC. The molecule has 0 aromatic heterocycles. The minimum absolute atomic E-state index is 0.256. The van der Waals surface area contributed by atoms with E-state index in [0.717, 1.165) is 5.56 Å². The van der Waals surface area contributed by atoms with Gasteiger partial charge in [0.15, 0.2) is 18.1 Å². The minimum atomic E-state index is -0.631. The summed E-state index contributed by atoms with van der Waals surface area (Å²) < 4.78 is 15.2. The molecule has 1 amide bonds. The van der Waals surface area contributed by atoms with E-state index in [9.17, 15) is 9.59 Å². The van der Waals surface area contributed by atoms with Gasteiger partial charge in [-0.1, -0.05) is 29.8 Å². The molecule has 132 valence electrons. The number of hydrogen-bond acceptors (Lipinski definition) is 5. The van der Waals surface area contributed by atoms with Crippen LogP contribution in [-0.4, -0.2) is 32.7 Å². The molecule has 6 nitrogen and oxygen atoms in total. The topological polar surface area (TPSA) is 73.9 Å². The molecule has 0 saturated carbocycles. The molecule has 2 aromatic carbocycles. The standard InChI is InChI=1S/C18H18ClNO5/c1-23-15-8-7-12(9-16(15)24-2)18(22)25-11-17(21)20-10-13-5-3-4-6-14(13)19/h3-9H,10-11H2,1-2H3,(H,20,21). The number of carbonyl (C=O) groups excluding carboxylic acids is 2. The summed E-state index contributed by atoms with van der Waals surface area (Å²) in [6.45, 7) is -0.135. The number of methoxy groups -OCH3 is 2. The van der Waals surface area contributed by atoms with Gasteiger partial charge in [0.05, 0.1) is 19.8 Å². The Morgan fingerprint density at radius 1 is 1.04 bits per heavy atom. The van der Waals surface area contributed by atoms with Gasteiger partial charge in [-0.2, -0.15) is 0 Å². The van der Waals surface area contributed by atoms with E-state index in [4.69, 9.17) is 25.8 Å². The second-order valence-electron chi connectivity index (χ2n) is 5.01. The van der Waals surface area contributed by atoms with Gasteiger partial charge < -0.3 is 19.5 Å². The number of benzene rings is 2. The van der Waals surface area contributed by atoms with E-state index in [2.05, 4.69) is 5.32 Å². The van der Waals surface area contributed by atoms with Crippen LogP contribution in [0.4, 0.5) is 0 Å². The van der Waals surface area contributed by atoms with Gasteiger partial charge in [-0.3, -0.25) is 4.79 Å². The van der Waals surface area contributed by atoms with Crippen molar-refractivity contribution in [3.05, 3.63) is 58.6 Å². The average Bonchev–Trinajstić information content (AvgIpc) is 2.64. The second-order valence-corrected chi connectivity index (χ2v) is 5.42. The van der Waals surface area contributed by atoms with Gasteiger partial charge in [-0.05, 0) is 29.8 Å². The molecule has 0 spiro atoms. The monoisotopic (exact) mass is 363 g/mol. The number of ether oxygens (including phenoxy) is 3. The van der Waals surface area contributed by atoms with Crippen molar-refractivity contribution < 1.29 is 23.8 Å². The molecule has 0 fully saturated rings. The van der Waals surface area contributed by atoms with Crippen molar-refractivity contribution in [1.29, 1.82) is 0 Å². The molecule has 0 saturated heterocycles. The average molecular weight is 364 g/mol. The van der Waals surface area contributed by atoms with Crippen LogP contribution in [0.15, 0.2) is 42.5 Å². The Kier molecular flexibility index (Phi) is 6.65. The quantitative estimate of drug-likeness (QED) is 0.766. The van der Waals surface area contributed by atoms with E-state index in [0.29, 0.717) is 16.5 Å². The predicted octanol–water partition coefficient (Wildman–Crippen LogP) is 2.83. The third-order valence-corrected chi connectivity index (χ3v) is 3.76. The molecule has 0 unspecified atom stereocenters. The molecule has 2 rings (SSSR count). The van der Waals surface area contributed by atoms with E-state index >= 15 is 0 Å². The van der Waals surface area contributed by atoms with Crippen LogP contribution in [0, 0.1) is 0 Å². The van der Waals surface area contributed by atoms with E-state index < -0.39 is 18.5 Å². The molecule has 0 bridgehead atoms. The van der Waals surface area contributed by atoms with Gasteiger partial charge in [0.2, 0.25) is 0 Å². The van der Waals surface area contributed by atoms with E-state index in [1.165, 1.54) is 26.4 Å². The summed E-state index contributed by atoms with van der Waals surface area (Å²) in [6.07, 6.45) is 0. The molecule has 0 radical (unpaired) electrons. The highest BCUT2D eigenvalue weighted by Crippen LogP contribution is 2.27. The first-order chi connectivity index (χ1) is 12.0. The number of rotatable bonds is 7. The van der Waals surface area contributed by atoms with Gasteiger partial charge in [0.25, 0.3) is 5.91 Å². The fourth-order valence-electron chi connectivity index (χ4n) is 2.06. The second kappa shape index (κ2) is 8.94. The zero-order valence-electron chi connectivity index (χ0n) is 13.9. The van der Waals surface area contributed by atoms with Crippen molar-refractivity contribution >= 4 is 23.5 Å². The molecule has 25 heavy (non-hydrogen) atoms. The normalized spacial score (nSPS) is 10.0. The lowest BCUT2D eigenvalue weighted by Gasteiger charge is -2.10. The summed E-state index contributed by atoms with van der Waals surface area (Å²) in [4.78, 5) is 23.8. The summed E-state index contributed by atoms with van der Waals surface area (Å²) in [5, 5.41) is 3.20. The lowest BCUT2D eigenvalue weighted by atomic mass is 10.2. The Morgan fingerprint density at radius 3 is 2.44 bits per heavy atom. The summed E-state index contributed by atoms with van der Waals surface area (Å²) in [5.74, 6) is -0.153. The van der Waals surface area contributed by atoms with Crippen LogP contribution >= 0.6 is 11.6 Å². The smallest absolute Gasteiger partial charge is 0.338 e. The van der Waals surface area contributed by atoms with Gasteiger partial charge in [0.1, 0.15) is 0 Å². The molecule has 1 N–H and O–H groups in total. The molecule has 0 atom stereocenters. The van der Waals surface area contributed by atoms with Crippen LogP contribution in [-0.2, 0) is 16.1 Å². The van der Waals surface area contributed by atoms with Crippen LogP contribution in [0.25, 0.3) is 0 Å². The Hall–Kier alpha value is -2.73. The molecule has 0 heterocycles. The first-order valence-electron chi connectivity index (χ1n) is 7.44. The first-order valence-corrected chi connectivity index (χ1v) is 7.82. The third kappa shape index (κ3) is 5.12. The Morgan fingerprint density at radius 2 is 1.76 bits per heavy atom. The summed E-state index contributed by atoms with van der Waals surface area (Å²) >= 11 is 6.01. The van der Waals surface area contributed by atoms with Crippen molar-refractivity contribution in [1.82, 2.24) is 5.32 Å². The van der Waals surface area contributed by atoms with Gasteiger partial charge in [-0.15, -0.1) is 0 Å². The molecule has 2 aromatic rings. The van der Waals surface area contributed by atoms with Crippen LogP contribution in [0.1, 0.15) is 15.9 Å². The van der Waals surface area contributed by atoms with E-state index in [1.54, 1.807) is 24.3 Å². The number of esters is 1. The summed E-state index contributed by atoms with van der Waals surface area (Å²) in [7, 11) is 2.97. The predicted molar refractivity (Wildman–Crippen MR) is 93.1 cm³/mol. The van der Waals surface area contributed by atoms with Crippen molar-refractivity contribution in [2.24, 2.45) is 0 Å². The first kappa shape index (κ1) is 18.6. The Bertz CT molecular complexity index is 763. The lowest BCUT2D eigenvalue weighted by molar-refractivity contribution is -0.124. The maximum Gasteiger partial charge on any atom is 0.338 e. The molecular weight excluding hydrogens is 346 g/mol. The number of hydrogen-bond donors (Lipinski definition) is 1. The number of amides is 1. The number of nitrogens with one attached hydrogen (secondary N) is 1. The van der Waals surface area contributed by atoms with Crippen LogP contribution in [0.5, 0.6) is 11.5 Å². The highest BCUT2D eigenvalue weighted by Gasteiger charge is 2.13. The van der Waals surface area contributed by atoms with Gasteiger partial charge in [-0.25, -0.2) is 4.79 Å². The molecule has 0 aliphatic rings. The summed E-state index contributed by atoms with van der Waals surface area (Å²) in [6, 6.07) is 11.8. The molecule has 0 aliphatic carbocycles. The number of halogens is 1. The van der Waals surface area contributed by atoms with Gasteiger partial charge >= 0.3 is 5.97 Å². The maximum absolute atomic E-state index is 12.0. The lowest BCUT2D eigenvalue weighted by Crippen LogP contribution is -2.28. The fourth-order valence-corrected chi connectivity index (χ4v) is 2.27. The van der Waals surface area contributed by atoms with Crippen molar-refractivity contribution in [3.8, 4) is 11.5 Å². The van der Waals surface area contributed by atoms with E-state index in [-0.39, 0.29) is 12.1 Å². The Labute approximate surface area is 150 Å².